The Balaban J connectivity index is 1.99. The summed E-state index contributed by atoms with van der Waals surface area (Å²) in [4.78, 5) is 23.5. The smallest absolute Gasteiger partial charge is 0.342 e. The minimum atomic E-state index is -3.90. The highest BCUT2D eigenvalue weighted by Crippen LogP contribution is 2.34. The number of carbonyl (C=O) groups excluding carboxylic acids is 2. The number of benzene rings is 2. The predicted molar refractivity (Wildman–Crippen MR) is 102 cm³/mol. The fourth-order valence-electron chi connectivity index (χ4n) is 2.97. The molecule has 0 bridgehead atoms. The summed E-state index contributed by atoms with van der Waals surface area (Å²) < 4.78 is 37.8. The zero-order valence-corrected chi connectivity index (χ0v) is 16.2. The Labute approximate surface area is 162 Å². The first kappa shape index (κ1) is 19.7. The zero-order valence-electron chi connectivity index (χ0n) is 15.4. The van der Waals surface area contributed by atoms with Crippen molar-refractivity contribution in [3.05, 3.63) is 53.6 Å². The van der Waals surface area contributed by atoms with Gasteiger partial charge in [-0.05, 0) is 43.2 Å². The number of primary amides is 1. The van der Waals surface area contributed by atoms with E-state index in [2.05, 4.69) is 0 Å². The molecule has 9 heteroatoms. The molecule has 3 rings (SSSR count). The fourth-order valence-corrected chi connectivity index (χ4v) is 4.50. The van der Waals surface area contributed by atoms with E-state index in [0.717, 1.165) is 5.56 Å². The highest BCUT2D eigenvalue weighted by atomic mass is 32.2. The summed E-state index contributed by atoms with van der Waals surface area (Å²) in [5.41, 5.74) is 6.56. The van der Waals surface area contributed by atoms with Crippen LogP contribution in [0.1, 0.15) is 22.8 Å². The molecule has 1 amide bonds. The molecule has 1 atom stereocenters. The predicted octanol–water partition coefficient (Wildman–Crippen LogP) is 1.48. The van der Waals surface area contributed by atoms with E-state index in [1.807, 2.05) is 12.1 Å². The first-order chi connectivity index (χ1) is 13.3. The Kier molecular flexibility index (Phi) is 5.28. The summed E-state index contributed by atoms with van der Waals surface area (Å²) in [7, 11) is -2.56. The largest absolute Gasteiger partial charge is 0.496 e. The first-order valence-electron chi connectivity index (χ1n) is 8.54. The molecule has 1 aliphatic heterocycles. The van der Waals surface area contributed by atoms with Crippen LogP contribution in [0.3, 0.4) is 0 Å². The number of hydrogen-bond acceptors (Lipinski definition) is 6. The third-order valence-corrected chi connectivity index (χ3v) is 6.32. The molecule has 0 aliphatic carbocycles. The molecular weight excluding hydrogens is 384 g/mol. The topological polar surface area (TPSA) is 116 Å². The van der Waals surface area contributed by atoms with Crippen molar-refractivity contribution in [1.82, 2.24) is 0 Å². The van der Waals surface area contributed by atoms with Crippen molar-refractivity contribution in [3.63, 3.8) is 0 Å². The van der Waals surface area contributed by atoms with E-state index in [9.17, 15) is 18.0 Å². The van der Waals surface area contributed by atoms with Crippen LogP contribution in [0.15, 0.2) is 47.4 Å². The van der Waals surface area contributed by atoms with Gasteiger partial charge in [0, 0.05) is 6.54 Å². The highest BCUT2D eigenvalue weighted by Gasteiger charge is 2.32. The van der Waals surface area contributed by atoms with E-state index >= 15 is 0 Å². The van der Waals surface area contributed by atoms with Crippen LogP contribution in [0.25, 0.3) is 0 Å². The Morgan fingerprint density at radius 2 is 1.89 bits per heavy atom. The third-order valence-electron chi connectivity index (χ3n) is 4.51. The van der Waals surface area contributed by atoms with Gasteiger partial charge in [-0.15, -0.1) is 0 Å². The number of methoxy groups -OCH3 is 1. The van der Waals surface area contributed by atoms with Crippen molar-refractivity contribution in [2.24, 2.45) is 5.73 Å². The number of para-hydroxylation sites is 1. The van der Waals surface area contributed by atoms with Crippen molar-refractivity contribution >= 4 is 27.6 Å². The molecule has 2 aromatic rings. The molecule has 0 saturated heterocycles. The Morgan fingerprint density at radius 3 is 2.57 bits per heavy atom. The number of rotatable bonds is 6. The van der Waals surface area contributed by atoms with Gasteiger partial charge in [-0.25, -0.2) is 13.2 Å². The standard InChI is InChI=1S/C19H20N2O6S/c1-12(18(20)22)27-19(23)15-11-14(7-8-17(15)26-2)28(24,25)21-10-9-13-5-3-4-6-16(13)21/h3-8,11-12H,9-10H2,1-2H3,(H2,20,22)/t12-/m1/s1. The Bertz CT molecular complexity index is 1030. The molecule has 0 unspecified atom stereocenters. The van der Waals surface area contributed by atoms with Crippen LogP contribution in [0.4, 0.5) is 5.69 Å². The lowest BCUT2D eigenvalue weighted by atomic mass is 10.2. The third kappa shape index (κ3) is 3.53. The van der Waals surface area contributed by atoms with E-state index in [1.54, 1.807) is 12.1 Å². The quantitative estimate of drug-likeness (QED) is 0.729. The maximum absolute atomic E-state index is 13.2. The zero-order chi connectivity index (χ0) is 20.5. The second-order valence-corrected chi connectivity index (χ2v) is 8.13. The number of fused-ring (bicyclic) bond motifs is 1. The molecule has 0 fully saturated rings. The molecule has 1 heterocycles. The van der Waals surface area contributed by atoms with Crippen LogP contribution < -0.4 is 14.8 Å². The number of sulfonamides is 1. The first-order valence-corrected chi connectivity index (χ1v) is 9.98. The van der Waals surface area contributed by atoms with E-state index in [-0.39, 0.29) is 16.2 Å². The van der Waals surface area contributed by atoms with Gasteiger partial charge in [-0.1, -0.05) is 18.2 Å². The molecule has 0 radical (unpaired) electrons. The van der Waals surface area contributed by atoms with E-state index in [4.69, 9.17) is 15.2 Å². The van der Waals surface area contributed by atoms with Gasteiger partial charge in [0.05, 0.1) is 17.7 Å². The molecule has 0 saturated carbocycles. The van der Waals surface area contributed by atoms with Crippen molar-refractivity contribution in [1.29, 1.82) is 0 Å². The lowest BCUT2D eigenvalue weighted by molar-refractivity contribution is -0.125. The maximum Gasteiger partial charge on any atom is 0.342 e. The average molecular weight is 404 g/mol. The van der Waals surface area contributed by atoms with Crippen molar-refractivity contribution < 1.29 is 27.5 Å². The monoisotopic (exact) mass is 404 g/mol. The van der Waals surface area contributed by atoms with Gasteiger partial charge in [0.15, 0.2) is 6.10 Å². The van der Waals surface area contributed by atoms with Gasteiger partial charge in [0.2, 0.25) is 0 Å². The van der Waals surface area contributed by atoms with E-state index < -0.39 is 28.0 Å². The number of carbonyl (C=O) groups is 2. The van der Waals surface area contributed by atoms with Crippen LogP contribution in [0.2, 0.25) is 0 Å². The maximum atomic E-state index is 13.2. The normalized spacial score (nSPS) is 14.3. The van der Waals surface area contributed by atoms with Gasteiger partial charge >= 0.3 is 5.97 Å². The van der Waals surface area contributed by atoms with Gasteiger partial charge in [-0.2, -0.15) is 0 Å². The molecule has 148 valence electrons. The molecule has 8 nitrogen and oxygen atoms in total. The van der Waals surface area contributed by atoms with Crippen molar-refractivity contribution in [2.75, 3.05) is 18.0 Å². The molecular formula is C19H20N2O6S. The summed E-state index contributed by atoms with van der Waals surface area (Å²) in [5, 5.41) is 0. The van der Waals surface area contributed by atoms with Gasteiger partial charge < -0.3 is 15.2 Å². The minimum Gasteiger partial charge on any atom is -0.496 e. The molecule has 1 aliphatic rings. The Hall–Kier alpha value is -3.07. The van der Waals surface area contributed by atoms with Gasteiger partial charge in [0.1, 0.15) is 11.3 Å². The summed E-state index contributed by atoms with van der Waals surface area (Å²) in [6.07, 6.45) is -0.556. The highest BCUT2D eigenvalue weighted by molar-refractivity contribution is 7.92. The van der Waals surface area contributed by atoms with Crippen molar-refractivity contribution in [2.45, 2.75) is 24.3 Å². The number of anilines is 1. The average Bonchev–Trinajstić information content (AvgIpc) is 3.12. The van der Waals surface area contributed by atoms with Gasteiger partial charge in [-0.3, -0.25) is 9.10 Å². The SMILES string of the molecule is COc1ccc(S(=O)(=O)N2CCc3ccccc32)cc1C(=O)O[C@H](C)C(N)=O. The van der Waals surface area contributed by atoms with Crippen molar-refractivity contribution in [3.8, 4) is 5.75 Å². The van der Waals surface area contributed by atoms with Crippen LogP contribution >= 0.6 is 0 Å². The number of nitrogens with zero attached hydrogens (tertiary/aromatic N) is 1. The second kappa shape index (κ2) is 7.51. The summed E-state index contributed by atoms with van der Waals surface area (Å²) >= 11 is 0. The Morgan fingerprint density at radius 1 is 1.18 bits per heavy atom. The van der Waals surface area contributed by atoms with Gasteiger partial charge in [0.25, 0.3) is 15.9 Å². The number of amides is 1. The number of esters is 1. The van der Waals surface area contributed by atoms with Crippen LogP contribution in [-0.4, -0.2) is 40.1 Å². The molecule has 2 N–H and O–H groups in total. The van der Waals surface area contributed by atoms with Crippen LogP contribution in [-0.2, 0) is 26.0 Å². The van der Waals surface area contributed by atoms with E-state index in [0.29, 0.717) is 18.7 Å². The molecule has 0 aromatic heterocycles. The fraction of sp³-hybridized carbons (Fsp3) is 0.263. The summed E-state index contributed by atoms with van der Waals surface area (Å²) in [6, 6.07) is 11.2. The van der Waals surface area contributed by atoms with Crippen LogP contribution in [0, 0.1) is 0 Å². The molecule has 28 heavy (non-hydrogen) atoms. The molecule has 0 spiro atoms. The summed E-state index contributed by atoms with van der Waals surface area (Å²) in [6.45, 7) is 1.64. The van der Waals surface area contributed by atoms with Crippen LogP contribution in [0.5, 0.6) is 5.75 Å². The summed E-state index contributed by atoms with van der Waals surface area (Å²) in [5.74, 6) is -1.59. The molecule has 2 aromatic carbocycles. The minimum absolute atomic E-state index is 0.0799. The number of ether oxygens (including phenoxy) is 2. The number of nitrogens with two attached hydrogens (primary N) is 1. The second-order valence-electron chi connectivity index (χ2n) is 6.27. The number of hydrogen-bond donors (Lipinski definition) is 1. The lowest BCUT2D eigenvalue weighted by Crippen LogP contribution is -2.31. The van der Waals surface area contributed by atoms with E-state index in [1.165, 1.54) is 36.5 Å². The lowest BCUT2D eigenvalue weighted by Gasteiger charge is -2.20.